The molecule has 1 fully saturated rings. The van der Waals surface area contributed by atoms with Crippen molar-refractivity contribution in [3.63, 3.8) is 0 Å². The van der Waals surface area contributed by atoms with Crippen LogP contribution in [0.4, 0.5) is 0 Å². The number of hydrogen-bond donors (Lipinski definition) is 0. The minimum atomic E-state index is 0.0459. The molecule has 0 radical (unpaired) electrons. The lowest BCUT2D eigenvalue weighted by molar-refractivity contribution is 0.0569. The maximum absolute atomic E-state index is 12.7. The lowest BCUT2D eigenvalue weighted by Gasteiger charge is -2.37. The lowest BCUT2D eigenvalue weighted by atomic mass is 9.98. The number of likely N-dealkylation sites (tertiary alicyclic amines) is 1. The topological polar surface area (TPSA) is 59.2 Å². The number of nitrogens with zero attached hydrogens (tertiary/aromatic N) is 3. The van der Waals surface area contributed by atoms with Gasteiger partial charge < -0.3 is 9.42 Å². The van der Waals surface area contributed by atoms with E-state index in [-0.39, 0.29) is 11.8 Å². The molecule has 4 aromatic rings. The van der Waals surface area contributed by atoms with Gasteiger partial charge >= 0.3 is 0 Å². The Morgan fingerprint density at radius 2 is 1.96 bits per heavy atom. The van der Waals surface area contributed by atoms with Crippen molar-refractivity contribution in [1.29, 1.82) is 0 Å². The first-order valence-corrected chi connectivity index (χ1v) is 9.36. The summed E-state index contributed by atoms with van der Waals surface area (Å²) in [4.78, 5) is 19.0. The van der Waals surface area contributed by atoms with Crippen LogP contribution in [0.5, 0.6) is 0 Å². The summed E-state index contributed by atoms with van der Waals surface area (Å²) < 4.78 is 5.39. The van der Waals surface area contributed by atoms with Crippen LogP contribution in [0.2, 0.25) is 0 Å². The van der Waals surface area contributed by atoms with Gasteiger partial charge in [0, 0.05) is 29.6 Å². The predicted octanol–water partition coefficient (Wildman–Crippen LogP) is 4.19. The van der Waals surface area contributed by atoms with Crippen LogP contribution in [0.15, 0.2) is 63.8 Å². The van der Waals surface area contributed by atoms with E-state index in [1.165, 1.54) is 0 Å². The highest BCUT2D eigenvalue weighted by atomic mass is 32.1. The molecule has 128 valence electrons. The zero-order valence-electron chi connectivity index (χ0n) is 13.8. The molecule has 1 saturated heterocycles. The van der Waals surface area contributed by atoms with Crippen LogP contribution >= 0.6 is 11.3 Å². The summed E-state index contributed by atoms with van der Waals surface area (Å²) in [7, 11) is 0. The summed E-state index contributed by atoms with van der Waals surface area (Å²) in [6, 6.07) is 15.8. The molecule has 1 aliphatic heterocycles. The number of amides is 1. The third kappa shape index (κ3) is 2.59. The summed E-state index contributed by atoms with van der Waals surface area (Å²) in [6.07, 6.45) is 0. The smallest absolute Gasteiger partial charge is 0.253 e. The number of benzene rings is 2. The molecule has 0 N–H and O–H groups in total. The molecule has 3 heterocycles. The van der Waals surface area contributed by atoms with E-state index >= 15 is 0 Å². The van der Waals surface area contributed by atoms with E-state index in [2.05, 4.69) is 10.1 Å². The summed E-state index contributed by atoms with van der Waals surface area (Å²) in [5, 5.41) is 10.2. The first kappa shape index (κ1) is 15.3. The van der Waals surface area contributed by atoms with Gasteiger partial charge in [0.05, 0.1) is 5.92 Å². The van der Waals surface area contributed by atoms with Gasteiger partial charge in [-0.05, 0) is 34.4 Å². The zero-order chi connectivity index (χ0) is 17.5. The molecule has 6 heteroatoms. The van der Waals surface area contributed by atoms with Crippen molar-refractivity contribution in [2.45, 2.75) is 5.92 Å². The molecule has 5 rings (SSSR count). The third-order valence-electron chi connectivity index (χ3n) is 4.74. The van der Waals surface area contributed by atoms with Gasteiger partial charge in [0.25, 0.3) is 5.91 Å². The largest absolute Gasteiger partial charge is 0.339 e. The minimum Gasteiger partial charge on any atom is -0.339 e. The van der Waals surface area contributed by atoms with Gasteiger partial charge in [0.2, 0.25) is 11.7 Å². The molecule has 0 saturated carbocycles. The van der Waals surface area contributed by atoms with Gasteiger partial charge in [-0.25, -0.2) is 0 Å². The van der Waals surface area contributed by atoms with Gasteiger partial charge in [-0.1, -0.05) is 35.5 Å². The third-order valence-corrected chi connectivity index (χ3v) is 5.42. The standard InChI is InChI=1S/C20H15N3O2S/c24-20(15-6-5-13-3-1-2-4-14(13)9-15)23-10-17(11-23)19-21-18(22-25-19)16-7-8-26-12-16/h1-9,12,17H,10-11H2. The number of carbonyl (C=O) groups is 1. The van der Waals surface area contributed by atoms with Crippen LogP contribution in [0.25, 0.3) is 22.2 Å². The molecule has 26 heavy (non-hydrogen) atoms. The Morgan fingerprint density at radius 1 is 1.12 bits per heavy atom. The van der Waals surface area contributed by atoms with Crippen LogP contribution in [-0.4, -0.2) is 34.0 Å². The Balaban J connectivity index is 1.29. The molecule has 0 atom stereocenters. The maximum Gasteiger partial charge on any atom is 0.253 e. The average Bonchev–Trinajstić information content (AvgIpc) is 3.31. The fourth-order valence-electron chi connectivity index (χ4n) is 3.22. The Morgan fingerprint density at radius 3 is 2.77 bits per heavy atom. The fourth-order valence-corrected chi connectivity index (χ4v) is 3.85. The van der Waals surface area contributed by atoms with Crippen molar-refractivity contribution < 1.29 is 9.32 Å². The fraction of sp³-hybridized carbons (Fsp3) is 0.150. The predicted molar refractivity (Wildman–Crippen MR) is 100 cm³/mol. The SMILES string of the molecule is O=C(c1ccc2ccccc2c1)N1CC(c2nc(-c3ccsc3)no2)C1. The first-order valence-electron chi connectivity index (χ1n) is 8.42. The molecule has 0 spiro atoms. The van der Waals surface area contributed by atoms with Crippen molar-refractivity contribution >= 4 is 28.0 Å². The van der Waals surface area contributed by atoms with E-state index in [1.807, 2.05) is 64.2 Å². The number of aromatic nitrogens is 2. The van der Waals surface area contributed by atoms with Gasteiger partial charge in [-0.15, -0.1) is 0 Å². The Labute approximate surface area is 153 Å². The van der Waals surface area contributed by atoms with Crippen LogP contribution in [0, 0.1) is 0 Å². The van der Waals surface area contributed by atoms with Crippen LogP contribution in [-0.2, 0) is 0 Å². The summed E-state index contributed by atoms with van der Waals surface area (Å²) in [6.45, 7) is 1.22. The number of hydrogen-bond acceptors (Lipinski definition) is 5. The monoisotopic (exact) mass is 361 g/mol. The molecule has 2 aromatic carbocycles. The Kier molecular flexibility index (Phi) is 3.57. The molecule has 1 amide bonds. The Hall–Kier alpha value is -2.99. The number of fused-ring (bicyclic) bond motifs is 1. The molecule has 0 aliphatic carbocycles. The van der Waals surface area contributed by atoms with Gasteiger partial charge in [-0.2, -0.15) is 16.3 Å². The second-order valence-electron chi connectivity index (χ2n) is 6.44. The van der Waals surface area contributed by atoms with Gasteiger partial charge in [-0.3, -0.25) is 4.79 Å². The molecular weight excluding hydrogens is 346 g/mol. The summed E-state index contributed by atoms with van der Waals surface area (Å²) in [5.74, 6) is 1.37. The lowest BCUT2D eigenvalue weighted by Crippen LogP contribution is -2.48. The van der Waals surface area contributed by atoms with E-state index in [9.17, 15) is 4.79 Å². The highest BCUT2D eigenvalue weighted by Gasteiger charge is 2.36. The van der Waals surface area contributed by atoms with Gasteiger partial charge in [0.1, 0.15) is 0 Å². The van der Waals surface area contributed by atoms with E-state index in [4.69, 9.17) is 4.52 Å². The van der Waals surface area contributed by atoms with Crippen molar-refractivity contribution in [3.05, 3.63) is 70.7 Å². The number of carbonyl (C=O) groups excluding carboxylic acids is 1. The van der Waals surface area contributed by atoms with Gasteiger partial charge in [0.15, 0.2) is 0 Å². The number of rotatable bonds is 3. The average molecular weight is 361 g/mol. The zero-order valence-corrected chi connectivity index (χ0v) is 14.6. The molecule has 1 aliphatic rings. The maximum atomic E-state index is 12.7. The van der Waals surface area contributed by atoms with E-state index < -0.39 is 0 Å². The molecule has 0 bridgehead atoms. The highest BCUT2D eigenvalue weighted by Crippen LogP contribution is 2.29. The number of thiophene rings is 1. The van der Waals surface area contributed by atoms with Crippen molar-refractivity contribution in [2.24, 2.45) is 0 Å². The minimum absolute atomic E-state index is 0.0459. The molecule has 2 aromatic heterocycles. The normalized spacial score (nSPS) is 14.5. The van der Waals surface area contributed by atoms with E-state index in [0.29, 0.717) is 30.4 Å². The molecular formula is C20H15N3O2S. The molecule has 0 unspecified atom stereocenters. The highest BCUT2D eigenvalue weighted by molar-refractivity contribution is 7.08. The van der Waals surface area contributed by atoms with Crippen LogP contribution in [0.1, 0.15) is 22.2 Å². The molecule has 5 nitrogen and oxygen atoms in total. The van der Waals surface area contributed by atoms with E-state index in [1.54, 1.807) is 11.3 Å². The van der Waals surface area contributed by atoms with Crippen molar-refractivity contribution in [1.82, 2.24) is 15.0 Å². The Bertz CT molecular complexity index is 1080. The second kappa shape index (κ2) is 6.07. The van der Waals surface area contributed by atoms with Crippen molar-refractivity contribution in [3.8, 4) is 11.4 Å². The van der Waals surface area contributed by atoms with Crippen LogP contribution in [0.3, 0.4) is 0 Å². The van der Waals surface area contributed by atoms with Crippen molar-refractivity contribution in [2.75, 3.05) is 13.1 Å². The van der Waals surface area contributed by atoms with Crippen LogP contribution < -0.4 is 0 Å². The summed E-state index contributed by atoms with van der Waals surface area (Å²) in [5.41, 5.74) is 1.68. The first-order chi connectivity index (χ1) is 12.8. The quantitative estimate of drug-likeness (QED) is 0.549. The second-order valence-corrected chi connectivity index (χ2v) is 7.22. The van der Waals surface area contributed by atoms with E-state index in [0.717, 1.165) is 16.3 Å². The summed E-state index contributed by atoms with van der Waals surface area (Å²) >= 11 is 1.60.